The van der Waals surface area contributed by atoms with Crippen LogP contribution >= 0.6 is 0 Å². The van der Waals surface area contributed by atoms with Gasteiger partial charge in [-0.1, -0.05) is 20.3 Å². The second kappa shape index (κ2) is 7.44. The first kappa shape index (κ1) is 13.2. The summed E-state index contributed by atoms with van der Waals surface area (Å²) in [4.78, 5) is 4.41. The molecule has 0 aromatic carbocycles. The van der Waals surface area contributed by atoms with E-state index in [1.807, 2.05) is 6.20 Å². The van der Waals surface area contributed by atoms with Gasteiger partial charge in [0.15, 0.2) is 0 Å². The molecule has 1 aromatic heterocycles. The first-order valence-corrected chi connectivity index (χ1v) is 6.55. The van der Waals surface area contributed by atoms with E-state index in [-0.39, 0.29) is 0 Å². The Bertz CT molecular complexity index is 274. The third-order valence-electron chi connectivity index (χ3n) is 2.99. The van der Waals surface area contributed by atoms with Crippen LogP contribution in [0.2, 0.25) is 0 Å². The number of aryl methyl sites for hydroxylation is 2. The summed E-state index contributed by atoms with van der Waals surface area (Å²) in [5.41, 5.74) is 0. The van der Waals surface area contributed by atoms with E-state index in [0.29, 0.717) is 6.04 Å². The Hall–Kier alpha value is -0.830. The molecule has 3 heteroatoms. The molecular weight excluding hydrogens is 198 g/mol. The molecule has 1 heterocycles. The third kappa shape index (κ3) is 3.97. The van der Waals surface area contributed by atoms with Crippen LogP contribution in [0.5, 0.6) is 0 Å². The molecule has 0 radical (unpaired) electrons. The number of hydrogen-bond acceptors (Lipinski definition) is 2. The lowest BCUT2D eigenvalue weighted by Gasteiger charge is -2.16. The molecule has 0 bridgehead atoms. The average molecular weight is 223 g/mol. The summed E-state index contributed by atoms with van der Waals surface area (Å²) < 4.78 is 2.23. The van der Waals surface area contributed by atoms with Crippen LogP contribution < -0.4 is 5.32 Å². The lowest BCUT2D eigenvalue weighted by molar-refractivity contribution is 0.452. The van der Waals surface area contributed by atoms with Crippen molar-refractivity contribution < 1.29 is 0 Å². The zero-order valence-corrected chi connectivity index (χ0v) is 10.9. The molecule has 16 heavy (non-hydrogen) atoms. The summed E-state index contributed by atoms with van der Waals surface area (Å²) in [6, 6.07) is 0.650. The van der Waals surface area contributed by atoms with Crippen LogP contribution in [-0.2, 0) is 13.0 Å². The molecule has 0 saturated carbocycles. The van der Waals surface area contributed by atoms with E-state index in [0.717, 1.165) is 19.5 Å². The fourth-order valence-electron chi connectivity index (χ4n) is 2.15. The van der Waals surface area contributed by atoms with E-state index in [9.17, 15) is 0 Å². The van der Waals surface area contributed by atoms with E-state index in [4.69, 9.17) is 0 Å². The normalized spacial score (nSPS) is 12.9. The number of nitrogens with zero attached hydrogens (tertiary/aromatic N) is 2. The molecule has 1 aromatic rings. The van der Waals surface area contributed by atoms with Crippen LogP contribution in [0, 0.1) is 0 Å². The molecule has 1 rings (SSSR count). The summed E-state index contributed by atoms with van der Waals surface area (Å²) in [6.45, 7) is 8.67. The van der Waals surface area contributed by atoms with Gasteiger partial charge in [-0.05, 0) is 26.3 Å². The van der Waals surface area contributed by atoms with Crippen LogP contribution in [0.25, 0.3) is 0 Å². The van der Waals surface area contributed by atoms with Gasteiger partial charge in [0.05, 0.1) is 0 Å². The van der Waals surface area contributed by atoms with Gasteiger partial charge in [0, 0.05) is 31.4 Å². The molecule has 0 fully saturated rings. The number of imidazole rings is 1. The molecule has 0 amide bonds. The third-order valence-corrected chi connectivity index (χ3v) is 2.99. The predicted octanol–water partition coefficient (Wildman–Crippen LogP) is 2.61. The Kier molecular flexibility index (Phi) is 6.16. The molecule has 0 spiro atoms. The zero-order valence-electron chi connectivity index (χ0n) is 10.9. The van der Waals surface area contributed by atoms with Crippen molar-refractivity contribution >= 4 is 0 Å². The summed E-state index contributed by atoms with van der Waals surface area (Å²) in [5, 5.41) is 3.55. The highest BCUT2D eigenvalue weighted by molar-refractivity contribution is 4.93. The van der Waals surface area contributed by atoms with Gasteiger partial charge < -0.3 is 9.88 Å². The number of nitrogens with one attached hydrogen (secondary N) is 1. The Morgan fingerprint density at radius 1 is 1.31 bits per heavy atom. The lowest BCUT2D eigenvalue weighted by Crippen LogP contribution is -2.29. The van der Waals surface area contributed by atoms with Gasteiger partial charge in [-0.2, -0.15) is 0 Å². The number of aromatic nitrogens is 2. The van der Waals surface area contributed by atoms with Gasteiger partial charge >= 0.3 is 0 Å². The summed E-state index contributed by atoms with van der Waals surface area (Å²) in [5.74, 6) is 1.22. The molecule has 0 aliphatic rings. The van der Waals surface area contributed by atoms with Crippen LogP contribution in [-0.4, -0.2) is 22.1 Å². The Morgan fingerprint density at radius 3 is 2.75 bits per heavy atom. The minimum atomic E-state index is 0.650. The molecule has 3 nitrogen and oxygen atoms in total. The summed E-state index contributed by atoms with van der Waals surface area (Å²) >= 11 is 0. The standard InChI is InChI=1S/C13H25N3/c1-4-7-12(14-5-2)8-9-13-15-10-11-16(13)6-3/h10-12,14H,4-9H2,1-3H3. The van der Waals surface area contributed by atoms with E-state index in [1.54, 1.807) is 0 Å². The Balaban J connectivity index is 2.41. The first-order chi connectivity index (χ1) is 7.81. The maximum absolute atomic E-state index is 4.41. The smallest absolute Gasteiger partial charge is 0.108 e. The molecule has 1 unspecified atom stereocenters. The highest BCUT2D eigenvalue weighted by Gasteiger charge is 2.08. The minimum absolute atomic E-state index is 0.650. The van der Waals surface area contributed by atoms with Crippen molar-refractivity contribution in [2.45, 2.75) is 59.0 Å². The zero-order chi connectivity index (χ0) is 11.8. The molecule has 0 aliphatic heterocycles. The van der Waals surface area contributed by atoms with Crippen molar-refractivity contribution in [1.82, 2.24) is 14.9 Å². The highest BCUT2D eigenvalue weighted by Crippen LogP contribution is 2.07. The van der Waals surface area contributed by atoms with Crippen LogP contribution in [0.1, 0.15) is 45.9 Å². The second-order valence-corrected chi connectivity index (χ2v) is 4.21. The lowest BCUT2D eigenvalue weighted by atomic mass is 10.1. The summed E-state index contributed by atoms with van der Waals surface area (Å²) in [6.07, 6.45) is 8.76. The van der Waals surface area contributed by atoms with Crippen LogP contribution in [0.3, 0.4) is 0 Å². The Labute approximate surface area is 99.3 Å². The first-order valence-electron chi connectivity index (χ1n) is 6.55. The van der Waals surface area contributed by atoms with Gasteiger partial charge in [-0.15, -0.1) is 0 Å². The van der Waals surface area contributed by atoms with Gasteiger partial charge in [0.1, 0.15) is 5.82 Å². The quantitative estimate of drug-likeness (QED) is 0.734. The maximum atomic E-state index is 4.41. The van der Waals surface area contributed by atoms with Gasteiger partial charge in [0.2, 0.25) is 0 Å². The van der Waals surface area contributed by atoms with Gasteiger partial charge in [-0.3, -0.25) is 0 Å². The predicted molar refractivity (Wildman–Crippen MR) is 68.6 cm³/mol. The molecule has 1 atom stereocenters. The van der Waals surface area contributed by atoms with Gasteiger partial charge in [-0.25, -0.2) is 4.98 Å². The average Bonchev–Trinajstić information content (AvgIpc) is 2.74. The molecule has 0 saturated heterocycles. The van der Waals surface area contributed by atoms with Crippen molar-refractivity contribution in [2.75, 3.05) is 6.54 Å². The van der Waals surface area contributed by atoms with Crippen LogP contribution in [0.4, 0.5) is 0 Å². The van der Waals surface area contributed by atoms with Crippen molar-refractivity contribution in [3.05, 3.63) is 18.2 Å². The Morgan fingerprint density at radius 2 is 2.12 bits per heavy atom. The molecule has 0 aliphatic carbocycles. The number of hydrogen-bond donors (Lipinski definition) is 1. The highest BCUT2D eigenvalue weighted by atomic mass is 15.1. The monoisotopic (exact) mass is 223 g/mol. The minimum Gasteiger partial charge on any atom is -0.335 e. The molecular formula is C13H25N3. The van der Waals surface area contributed by atoms with E-state index < -0.39 is 0 Å². The van der Waals surface area contributed by atoms with E-state index in [2.05, 4.69) is 41.8 Å². The van der Waals surface area contributed by atoms with E-state index >= 15 is 0 Å². The van der Waals surface area contributed by atoms with E-state index in [1.165, 1.54) is 25.1 Å². The molecule has 92 valence electrons. The fourth-order valence-corrected chi connectivity index (χ4v) is 2.15. The molecule has 1 N–H and O–H groups in total. The van der Waals surface area contributed by atoms with Crippen LogP contribution in [0.15, 0.2) is 12.4 Å². The van der Waals surface area contributed by atoms with Crippen molar-refractivity contribution in [3.8, 4) is 0 Å². The second-order valence-electron chi connectivity index (χ2n) is 4.21. The van der Waals surface area contributed by atoms with Gasteiger partial charge in [0.25, 0.3) is 0 Å². The van der Waals surface area contributed by atoms with Crippen molar-refractivity contribution in [3.63, 3.8) is 0 Å². The fraction of sp³-hybridized carbons (Fsp3) is 0.769. The summed E-state index contributed by atoms with van der Waals surface area (Å²) in [7, 11) is 0. The topological polar surface area (TPSA) is 29.9 Å². The number of rotatable bonds is 8. The van der Waals surface area contributed by atoms with Crippen molar-refractivity contribution in [1.29, 1.82) is 0 Å². The van der Waals surface area contributed by atoms with Crippen molar-refractivity contribution in [2.24, 2.45) is 0 Å². The SMILES string of the molecule is CCCC(CCc1nccn1CC)NCC. The maximum Gasteiger partial charge on any atom is 0.108 e. The largest absolute Gasteiger partial charge is 0.335 e.